The van der Waals surface area contributed by atoms with Crippen LogP contribution in [0.3, 0.4) is 0 Å². The van der Waals surface area contributed by atoms with Crippen LogP contribution in [0.5, 0.6) is 0 Å². The number of rotatable bonds is 8. The van der Waals surface area contributed by atoms with Gasteiger partial charge >= 0.3 is 0 Å². The molecule has 6 nitrogen and oxygen atoms in total. The number of ether oxygens (including phenoxy) is 2. The zero-order valence-corrected chi connectivity index (χ0v) is 23.6. The lowest BCUT2D eigenvalue weighted by Crippen LogP contribution is -2.11. The number of benzene rings is 4. The molecule has 0 fully saturated rings. The van der Waals surface area contributed by atoms with Crippen molar-refractivity contribution in [3.8, 4) is 0 Å². The van der Waals surface area contributed by atoms with Gasteiger partial charge in [-0.25, -0.2) is 0 Å². The summed E-state index contributed by atoms with van der Waals surface area (Å²) in [6, 6.07) is 35.5. The molecule has 0 saturated carbocycles. The average Bonchev–Trinajstić information content (AvgIpc) is 3.03. The first kappa shape index (κ1) is 34.1. The van der Waals surface area contributed by atoms with Gasteiger partial charge in [-0.05, 0) is 25.0 Å². The number of ketones is 2. The highest BCUT2D eigenvalue weighted by atomic mass is 16.5. The van der Waals surface area contributed by atoms with E-state index < -0.39 is 12.2 Å². The number of carbonyl (C=O) groups is 2. The van der Waals surface area contributed by atoms with Crippen LogP contribution < -0.4 is 0 Å². The zero-order chi connectivity index (χ0) is 29.6. The molecule has 0 aromatic heterocycles. The number of methoxy groups -OCH3 is 1. The highest BCUT2D eigenvalue weighted by molar-refractivity contribution is 6.00. The highest BCUT2D eigenvalue weighted by Gasteiger charge is 2.19. The monoisotopic (exact) mass is 544 g/mol. The van der Waals surface area contributed by atoms with Gasteiger partial charge in [0, 0.05) is 38.6 Å². The quantitative estimate of drug-likeness (QED) is 0.246. The van der Waals surface area contributed by atoms with Crippen molar-refractivity contribution < 1.29 is 29.3 Å². The van der Waals surface area contributed by atoms with E-state index in [1.165, 1.54) is 0 Å². The maximum absolute atomic E-state index is 11.9. The first-order valence-electron chi connectivity index (χ1n) is 13.0. The molecule has 4 aromatic carbocycles. The summed E-state index contributed by atoms with van der Waals surface area (Å²) < 4.78 is 9.08. The minimum atomic E-state index is -1.08. The lowest BCUT2D eigenvalue weighted by atomic mass is 10.0. The Bertz CT molecular complexity index is 1090. The van der Waals surface area contributed by atoms with Crippen LogP contribution in [-0.4, -0.2) is 49.2 Å². The molecule has 0 aliphatic carbocycles. The summed E-state index contributed by atoms with van der Waals surface area (Å²) in [5.74, 6) is -0.543. The van der Waals surface area contributed by atoms with Gasteiger partial charge in [0.2, 0.25) is 0 Å². The molecule has 212 valence electrons. The van der Waals surface area contributed by atoms with Crippen LogP contribution >= 0.6 is 0 Å². The lowest BCUT2D eigenvalue weighted by Gasteiger charge is -2.09. The fourth-order valence-electron chi connectivity index (χ4n) is 3.30. The summed E-state index contributed by atoms with van der Waals surface area (Å²) in [4.78, 5) is 23.8. The summed E-state index contributed by atoms with van der Waals surface area (Å²) >= 11 is 0. The summed E-state index contributed by atoms with van der Waals surface area (Å²) in [5.41, 5.74) is 2.30. The van der Waals surface area contributed by atoms with Crippen LogP contribution in [0.4, 0.5) is 0 Å². The SMILES string of the molecule is CCOCC.COC.O=C(c1ccccc1)C(O)c1ccccc1.O=C(c1ccccc1)C(O)c1ccccc1. The van der Waals surface area contributed by atoms with Gasteiger partial charge in [0.05, 0.1) is 0 Å². The molecular formula is C34H40O6. The van der Waals surface area contributed by atoms with E-state index in [1.54, 1.807) is 111 Å². The van der Waals surface area contributed by atoms with Gasteiger partial charge in [0.15, 0.2) is 11.6 Å². The molecule has 2 unspecified atom stereocenters. The van der Waals surface area contributed by atoms with E-state index in [0.29, 0.717) is 22.3 Å². The molecule has 2 N–H and O–H groups in total. The molecule has 0 saturated heterocycles. The normalized spacial score (nSPS) is 11.2. The molecule has 6 heteroatoms. The molecule has 0 bridgehead atoms. The fraction of sp³-hybridized carbons (Fsp3) is 0.235. The number of aliphatic hydroxyl groups excluding tert-OH is 2. The summed E-state index contributed by atoms with van der Waals surface area (Å²) in [6.45, 7) is 5.67. The van der Waals surface area contributed by atoms with Crippen LogP contribution in [0, 0.1) is 0 Å². The predicted molar refractivity (Wildman–Crippen MR) is 159 cm³/mol. The van der Waals surface area contributed by atoms with Crippen molar-refractivity contribution in [2.24, 2.45) is 0 Å². The van der Waals surface area contributed by atoms with Gasteiger partial charge in [0.1, 0.15) is 12.2 Å². The highest BCUT2D eigenvalue weighted by Crippen LogP contribution is 2.18. The Labute approximate surface area is 237 Å². The molecule has 0 aliphatic heterocycles. The van der Waals surface area contributed by atoms with Crippen LogP contribution in [0.25, 0.3) is 0 Å². The second-order valence-electron chi connectivity index (χ2n) is 8.28. The first-order chi connectivity index (χ1) is 19.4. The summed E-state index contributed by atoms with van der Waals surface area (Å²) in [6.07, 6.45) is -2.16. The van der Waals surface area contributed by atoms with Gasteiger partial charge in [-0.15, -0.1) is 0 Å². The van der Waals surface area contributed by atoms with E-state index in [1.807, 2.05) is 38.1 Å². The van der Waals surface area contributed by atoms with E-state index >= 15 is 0 Å². The second kappa shape index (κ2) is 21.0. The van der Waals surface area contributed by atoms with E-state index in [9.17, 15) is 19.8 Å². The van der Waals surface area contributed by atoms with Crippen molar-refractivity contribution in [2.75, 3.05) is 27.4 Å². The van der Waals surface area contributed by atoms with Crippen molar-refractivity contribution in [1.29, 1.82) is 0 Å². The largest absolute Gasteiger partial charge is 0.388 e. The molecule has 0 aliphatic rings. The van der Waals surface area contributed by atoms with Crippen molar-refractivity contribution in [3.63, 3.8) is 0 Å². The fourth-order valence-corrected chi connectivity index (χ4v) is 3.30. The Morgan fingerprint density at radius 2 is 0.800 bits per heavy atom. The number of carbonyl (C=O) groups excluding carboxylic acids is 2. The second-order valence-corrected chi connectivity index (χ2v) is 8.28. The number of aliphatic hydroxyl groups is 2. The van der Waals surface area contributed by atoms with Crippen LogP contribution in [0.1, 0.15) is 57.9 Å². The Balaban J connectivity index is 0.000000317. The van der Waals surface area contributed by atoms with Crippen molar-refractivity contribution in [1.82, 2.24) is 0 Å². The minimum Gasteiger partial charge on any atom is -0.388 e. The third-order valence-electron chi connectivity index (χ3n) is 5.25. The molecule has 40 heavy (non-hydrogen) atoms. The molecule has 2 atom stereocenters. The maximum Gasteiger partial charge on any atom is 0.195 e. The van der Waals surface area contributed by atoms with Crippen LogP contribution in [-0.2, 0) is 9.47 Å². The van der Waals surface area contributed by atoms with E-state index in [2.05, 4.69) is 4.74 Å². The van der Waals surface area contributed by atoms with Gasteiger partial charge < -0.3 is 19.7 Å². The number of hydrogen-bond donors (Lipinski definition) is 2. The Hall–Kier alpha value is -3.94. The zero-order valence-electron chi connectivity index (χ0n) is 23.6. The Morgan fingerprint density at radius 3 is 1.02 bits per heavy atom. The molecule has 0 heterocycles. The van der Waals surface area contributed by atoms with Crippen LogP contribution in [0.2, 0.25) is 0 Å². The minimum absolute atomic E-state index is 0.271. The standard InChI is InChI=1S/2C14H12O2.C4H10O.C2H6O/c2*15-13(11-7-3-1-4-8-11)14(16)12-9-5-2-6-10-12;1-3-5-4-2;1-3-2/h2*1-10,13,15H;3-4H2,1-2H3;1-2H3. The van der Waals surface area contributed by atoms with Crippen molar-refractivity contribution >= 4 is 11.6 Å². The number of Topliss-reactive ketones (excluding diaryl/α,β-unsaturated/α-hetero) is 2. The summed E-state index contributed by atoms with van der Waals surface area (Å²) in [5, 5.41) is 19.8. The van der Waals surface area contributed by atoms with Crippen molar-refractivity contribution in [2.45, 2.75) is 26.1 Å². The lowest BCUT2D eigenvalue weighted by molar-refractivity contribution is 0.0743. The van der Waals surface area contributed by atoms with Gasteiger partial charge in [-0.3, -0.25) is 9.59 Å². The van der Waals surface area contributed by atoms with Crippen LogP contribution in [0.15, 0.2) is 121 Å². The van der Waals surface area contributed by atoms with E-state index in [-0.39, 0.29) is 11.6 Å². The topological polar surface area (TPSA) is 93.1 Å². The first-order valence-corrected chi connectivity index (χ1v) is 13.0. The maximum atomic E-state index is 11.9. The molecular weight excluding hydrogens is 504 g/mol. The molecule has 4 aromatic rings. The number of hydrogen-bond acceptors (Lipinski definition) is 6. The smallest absolute Gasteiger partial charge is 0.195 e. The molecule has 0 radical (unpaired) electrons. The summed E-state index contributed by atoms with van der Waals surface area (Å²) in [7, 11) is 3.25. The predicted octanol–water partition coefficient (Wildman–Crippen LogP) is 6.51. The Morgan fingerprint density at radius 1 is 0.550 bits per heavy atom. The van der Waals surface area contributed by atoms with Crippen molar-refractivity contribution in [3.05, 3.63) is 144 Å². The van der Waals surface area contributed by atoms with Gasteiger partial charge in [0.25, 0.3) is 0 Å². The molecule has 0 amide bonds. The van der Waals surface area contributed by atoms with Gasteiger partial charge in [-0.1, -0.05) is 121 Å². The van der Waals surface area contributed by atoms with Gasteiger partial charge in [-0.2, -0.15) is 0 Å². The third-order valence-corrected chi connectivity index (χ3v) is 5.25. The molecule has 4 rings (SSSR count). The third kappa shape index (κ3) is 12.7. The Kier molecular flexibility index (Phi) is 17.9. The van der Waals surface area contributed by atoms with E-state index in [4.69, 9.17) is 4.74 Å². The van der Waals surface area contributed by atoms with E-state index in [0.717, 1.165) is 13.2 Å². The average molecular weight is 545 g/mol. The molecule has 0 spiro atoms.